The molecule has 5 rings (SSSR count). The van der Waals surface area contributed by atoms with Gasteiger partial charge in [0.15, 0.2) is 19.0 Å². The molecular formula is C22H28O4. The second-order valence-electron chi connectivity index (χ2n) is 8.84. The van der Waals surface area contributed by atoms with Crippen LogP contribution in [0.5, 0.6) is 5.75 Å². The van der Waals surface area contributed by atoms with Gasteiger partial charge >= 0.3 is 5.97 Å². The molecule has 0 unspecified atom stereocenters. The lowest BCUT2D eigenvalue weighted by atomic mass is 9.48. The predicted molar refractivity (Wildman–Crippen MR) is 98.0 cm³/mol. The van der Waals surface area contributed by atoms with Crippen LogP contribution in [0.25, 0.3) is 0 Å². The molecule has 1 aromatic carbocycles. The molecule has 0 radical (unpaired) electrons. The number of esters is 1. The number of ketones is 1. The van der Waals surface area contributed by atoms with Crippen LogP contribution in [0.3, 0.4) is 0 Å². The molecule has 0 atom stereocenters. The summed E-state index contributed by atoms with van der Waals surface area (Å²) in [5.74, 6) is 2.51. The number of hydrogen-bond donors (Lipinski definition) is 0. The van der Waals surface area contributed by atoms with E-state index in [4.69, 9.17) is 9.47 Å². The minimum Gasteiger partial charge on any atom is -0.482 e. The maximum absolute atomic E-state index is 12.9. The Hall–Kier alpha value is -1.84. The van der Waals surface area contributed by atoms with Crippen molar-refractivity contribution in [1.82, 2.24) is 0 Å². The van der Waals surface area contributed by atoms with Gasteiger partial charge in [0.25, 0.3) is 0 Å². The Morgan fingerprint density at radius 3 is 2.23 bits per heavy atom. The van der Waals surface area contributed by atoms with E-state index in [1.165, 1.54) is 19.3 Å². The van der Waals surface area contributed by atoms with Crippen molar-refractivity contribution >= 4 is 11.8 Å². The number of carbonyl (C=O) groups excluding carboxylic acids is 2. The van der Waals surface area contributed by atoms with Crippen molar-refractivity contribution in [2.24, 2.45) is 23.2 Å². The molecule has 0 aliphatic heterocycles. The molecule has 0 saturated heterocycles. The van der Waals surface area contributed by atoms with E-state index in [1.807, 2.05) is 32.0 Å². The van der Waals surface area contributed by atoms with Crippen LogP contribution in [0.2, 0.25) is 0 Å². The summed E-state index contributed by atoms with van der Waals surface area (Å²) in [6.45, 7) is 3.67. The van der Waals surface area contributed by atoms with Gasteiger partial charge in [-0.25, -0.2) is 4.79 Å². The smallest absolute Gasteiger partial charge is 0.344 e. The first-order valence-electron chi connectivity index (χ1n) is 9.82. The van der Waals surface area contributed by atoms with E-state index < -0.39 is 5.97 Å². The first kappa shape index (κ1) is 17.6. The lowest BCUT2D eigenvalue weighted by Crippen LogP contribution is -2.51. The minimum atomic E-state index is -0.469. The van der Waals surface area contributed by atoms with Crippen molar-refractivity contribution in [2.75, 3.05) is 13.2 Å². The van der Waals surface area contributed by atoms with Gasteiger partial charge in [0, 0.05) is 5.41 Å². The Morgan fingerprint density at radius 1 is 1.00 bits per heavy atom. The summed E-state index contributed by atoms with van der Waals surface area (Å²) < 4.78 is 10.8. The average Bonchev–Trinajstić information content (AvgIpc) is 2.59. The molecule has 140 valence electrons. The first-order chi connectivity index (χ1) is 12.4. The van der Waals surface area contributed by atoms with Crippen molar-refractivity contribution in [1.29, 1.82) is 0 Å². The Labute approximate surface area is 155 Å². The van der Waals surface area contributed by atoms with Gasteiger partial charge in [-0.3, -0.25) is 4.79 Å². The molecule has 4 heteroatoms. The molecule has 1 aromatic rings. The zero-order valence-electron chi connectivity index (χ0n) is 15.8. The molecule has 0 aromatic heterocycles. The van der Waals surface area contributed by atoms with Crippen molar-refractivity contribution < 1.29 is 19.1 Å². The van der Waals surface area contributed by atoms with Gasteiger partial charge in [0.1, 0.15) is 5.75 Å². The molecule has 4 saturated carbocycles. The lowest BCUT2D eigenvalue weighted by molar-refractivity contribution is -0.158. The largest absolute Gasteiger partial charge is 0.482 e. The van der Waals surface area contributed by atoms with Crippen LogP contribution in [0, 0.1) is 37.0 Å². The number of carbonyl (C=O) groups is 2. The maximum atomic E-state index is 12.9. The molecule has 4 aliphatic rings. The fourth-order valence-electron chi connectivity index (χ4n) is 5.79. The second kappa shape index (κ2) is 6.71. The van der Waals surface area contributed by atoms with Gasteiger partial charge in [-0.15, -0.1) is 0 Å². The summed E-state index contributed by atoms with van der Waals surface area (Å²) in [4.78, 5) is 24.9. The Morgan fingerprint density at radius 2 is 1.62 bits per heavy atom. The number of hydrogen-bond acceptors (Lipinski definition) is 4. The summed E-state index contributed by atoms with van der Waals surface area (Å²) >= 11 is 0. The standard InChI is InChI=1S/C22H28O4/c1-14-3-4-15(2)19(5-14)25-13-21(24)26-12-20(23)22-9-16-6-17(10-22)8-18(7-16)11-22/h3-5,16-18H,6-13H2,1-2H3. The van der Waals surface area contributed by atoms with Crippen LogP contribution in [-0.4, -0.2) is 25.0 Å². The van der Waals surface area contributed by atoms with Gasteiger partial charge in [-0.2, -0.15) is 0 Å². The molecule has 26 heavy (non-hydrogen) atoms. The number of rotatable bonds is 6. The maximum Gasteiger partial charge on any atom is 0.344 e. The van der Waals surface area contributed by atoms with E-state index in [2.05, 4.69) is 0 Å². The van der Waals surface area contributed by atoms with Crippen LogP contribution < -0.4 is 4.74 Å². The summed E-state index contributed by atoms with van der Waals surface area (Å²) in [5, 5.41) is 0. The van der Waals surface area contributed by atoms with E-state index in [1.54, 1.807) is 0 Å². The number of benzene rings is 1. The van der Waals surface area contributed by atoms with Crippen LogP contribution >= 0.6 is 0 Å². The van der Waals surface area contributed by atoms with Gasteiger partial charge in [-0.1, -0.05) is 12.1 Å². The van der Waals surface area contributed by atoms with E-state index in [0.29, 0.717) is 23.5 Å². The Balaban J connectivity index is 1.29. The average molecular weight is 356 g/mol. The fraction of sp³-hybridized carbons (Fsp3) is 0.636. The molecule has 0 N–H and O–H groups in total. The summed E-state index contributed by atoms with van der Waals surface area (Å²) in [6, 6.07) is 5.88. The number of aryl methyl sites for hydroxylation is 2. The summed E-state index contributed by atoms with van der Waals surface area (Å²) in [5.41, 5.74) is 1.85. The van der Waals surface area contributed by atoms with Gasteiger partial charge in [-0.05, 0) is 87.3 Å². The molecule has 0 spiro atoms. The third kappa shape index (κ3) is 3.38. The van der Waals surface area contributed by atoms with E-state index in [0.717, 1.165) is 30.4 Å². The van der Waals surface area contributed by atoms with Gasteiger partial charge in [0.05, 0.1) is 0 Å². The third-order valence-electron chi connectivity index (χ3n) is 6.68. The highest BCUT2D eigenvalue weighted by molar-refractivity contribution is 5.88. The third-order valence-corrected chi connectivity index (χ3v) is 6.68. The van der Waals surface area contributed by atoms with E-state index in [-0.39, 0.29) is 24.4 Å². The fourth-order valence-corrected chi connectivity index (χ4v) is 5.79. The van der Waals surface area contributed by atoms with Crippen molar-refractivity contribution in [2.45, 2.75) is 52.4 Å². The molecular weight excluding hydrogens is 328 g/mol. The summed E-state index contributed by atoms with van der Waals surface area (Å²) in [7, 11) is 0. The van der Waals surface area contributed by atoms with Gasteiger partial charge < -0.3 is 9.47 Å². The number of Topliss-reactive ketones (excluding diaryl/α,β-unsaturated/α-hetero) is 1. The van der Waals surface area contributed by atoms with E-state index >= 15 is 0 Å². The van der Waals surface area contributed by atoms with Crippen molar-refractivity contribution in [3.63, 3.8) is 0 Å². The molecule has 4 nitrogen and oxygen atoms in total. The zero-order valence-corrected chi connectivity index (χ0v) is 15.8. The minimum absolute atomic E-state index is 0.0961. The molecule has 0 amide bonds. The predicted octanol–water partition coefficient (Wildman–Crippen LogP) is 4.01. The van der Waals surface area contributed by atoms with Crippen molar-refractivity contribution in [3.05, 3.63) is 29.3 Å². The van der Waals surface area contributed by atoms with Crippen LogP contribution in [0.1, 0.15) is 49.7 Å². The lowest BCUT2D eigenvalue weighted by Gasteiger charge is -2.55. The highest BCUT2D eigenvalue weighted by Gasteiger charge is 2.54. The molecule has 0 heterocycles. The summed E-state index contributed by atoms with van der Waals surface area (Å²) in [6.07, 6.45) is 6.93. The second-order valence-corrected chi connectivity index (χ2v) is 8.84. The highest BCUT2D eigenvalue weighted by atomic mass is 16.6. The highest BCUT2D eigenvalue weighted by Crippen LogP contribution is 2.60. The first-order valence-corrected chi connectivity index (χ1v) is 9.82. The Kier molecular flexibility index (Phi) is 4.54. The molecule has 4 fully saturated rings. The van der Waals surface area contributed by atoms with Gasteiger partial charge in [0.2, 0.25) is 0 Å². The van der Waals surface area contributed by atoms with E-state index in [9.17, 15) is 9.59 Å². The number of ether oxygens (including phenoxy) is 2. The SMILES string of the molecule is Cc1ccc(C)c(OCC(=O)OCC(=O)C23CC4CC(CC(C4)C2)C3)c1. The topological polar surface area (TPSA) is 52.6 Å². The van der Waals surface area contributed by atoms with Crippen LogP contribution in [-0.2, 0) is 14.3 Å². The molecule has 4 bridgehead atoms. The monoisotopic (exact) mass is 356 g/mol. The van der Waals surface area contributed by atoms with Crippen molar-refractivity contribution in [3.8, 4) is 5.75 Å². The molecule has 4 aliphatic carbocycles. The van der Waals surface area contributed by atoms with Crippen LogP contribution in [0.15, 0.2) is 18.2 Å². The Bertz CT molecular complexity index is 686. The van der Waals surface area contributed by atoms with Crippen LogP contribution in [0.4, 0.5) is 0 Å². The quantitative estimate of drug-likeness (QED) is 0.723. The normalized spacial score (nSPS) is 31.7. The zero-order chi connectivity index (χ0) is 18.3.